The van der Waals surface area contributed by atoms with E-state index < -0.39 is 0 Å². The van der Waals surface area contributed by atoms with Gasteiger partial charge in [-0.3, -0.25) is 4.99 Å². The van der Waals surface area contributed by atoms with Gasteiger partial charge in [0.15, 0.2) is 0 Å². The fourth-order valence-electron chi connectivity index (χ4n) is 7.31. The van der Waals surface area contributed by atoms with Gasteiger partial charge in [-0.05, 0) is 58.8 Å². The maximum Gasteiger partial charge on any atom is 0.0874 e. The minimum absolute atomic E-state index is 0.0546. The number of dihydropyridines is 2. The summed E-state index contributed by atoms with van der Waals surface area (Å²) < 4.78 is 5.13. The summed E-state index contributed by atoms with van der Waals surface area (Å²) in [7, 11) is 0. The molecule has 6 aromatic carbocycles. The van der Waals surface area contributed by atoms with Crippen molar-refractivity contribution >= 4 is 75.5 Å². The summed E-state index contributed by atoms with van der Waals surface area (Å²) >= 11 is 1.90. The van der Waals surface area contributed by atoms with Crippen molar-refractivity contribution in [2.75, 3.05) is 0 Å². The third-order valence-corrected chi connectivity index (χ3v) is 10.6. The van der Waals surface area contributed by atoms with Crippen molar-refractivity contribution in [2.45, 2.75) is 6.04 Å². The van der Waals surface area contributed by atoms with Crippen LogP contribution >= 0.6 is 11.3 Å². The van der Waals surface area contributed by atoms with Crippen LogP contribution in [0.5, 0.6) is 0 Å². The summed E-state index contributed by atoms with van der Waals surface area (Å²) in [5.74, 6) is 0. The molecule has 0 spiro atoms. The van der Waals surface area contributed by atoms with E-state index >= 15 is 0 Å². The Morgan fingerprint density at radius 2 is 1.30 bits per heavy atom. The van der Waals surface area contributed by atoms with E-state index in [2.05, 4.69) is 156 Å². The maximum absolute atomic E-state index is 4.95. The zero-order valence-electron chi connectivity index (χ0n) is 24.8. The van der Waals surface area contributed by atoms with Crippen molar-refractivity contribution in [1.82, 2.24) is 9.88 Å². The summed E-state index contributed by atoms with van der Waals surface area (Å²) in [4.78, 5) is 4.95. The molecule has 8 aromatic rings. The number of aromatic nitrogens is 1. The molecule has 46 heavy (non-hydrogen) atoms. The predicted molar refractivity (Wildman–Crippen MR) is 196 cm³/mol. The van der Waals surface area contributed by atoms with Gasteiger partial charge in [0.2, 0.25) is 0 Å². The molecule has 1 atom stereocenters. The lowest BCUT2D eigenvalue weighted by atomic mass is 9.99. The smallest absolute Gasteiger partial charge is 0.0874 e. The van der Waals surface area contributed by atoms with Crippen LogP contribution in [0.2, 0.25) is 0 Å². The number of allylic oxidation sites excluding steroid dienone is 3. The molecule has 0 fully saturated rings. The first-order chi connectivity index (χ1) is 22.8. The third kappa shape index (κ3) is 3.74. The fourth-order valence-corrected chi connectivity index (χ4v) is 8.57. The summed E-state index contributed by atoms with van der Waals surface area (Å²) in [6.07, 6.45) is 8.63. The molecule has 0 radical (unpaired) electrons. The summed E-state index contributed by atoms with van der Waals surface area (Å²) in [5.41, 5.74) is 9.09. The molecular weight excluding hydrogens is 579 g/mol. The Hall–Kier alpha value is -5.71. The number of nitrogens with one attached hydrogen (secondary N) is 1. The molecule has 216 valence electrons. The lowest BCUT2D eigenvalue weighted by Gasteiger charge is -2.26. The van der Waals surface area contributed by atoms with Crippen LogP contribution in [-0.2, 0) is 0 Å². The van der Waals surface area contributed by atoms with Crippen molar-refractivity contribution in [3.8, 4) is 5.69 Å². The van der Waals surface area contributed by atoms with E-state index in [-0.39, 0.29) is 6.04 Å². The number of hydrogen-bond acceptors (Lipinski definition) is 3. The molecule has 4 heteroatoms. The topological polar surface area (TPSA) is 29.3 Å². The van der Waals surface area contributed by atoms with E-state index in [4.69, 9.17) is 4.99 Å². The van der Waals surface area contributed by atoms with Crippen LogP contribution in [0.3, 0.4) is 0 Å². The Labute approximate surface area is 269 Å². The zero-order valence-corrected chi connectivity index (χ0v) is 25.6. The number of fused-ring (bicyclic) bond motifs is 11. The lowest BCUT2D eigenvalue weighted by molar-refractivity contribution is 0.785. The van der Waals surface area contributed by atoms with Crippen molar-refractivity contribution in [3.63, 3.8) is 0 Å². The van der Waals surface area contributed by atoms with Gasteiger partial charge in [-0.15, -0.1) is 11.3 Å². The highest BCUT2D eigenvalue weighted by Gasteiger charge is 2.23. The standard InChI is InChI=1S/C42H27N3S/c1-2-10-26(11-3-1)33-22-24-36-35(43-33)25-23-34(44-36)27-18-20-28(21-19-27)45-37-16-8-6-14-31(37)39-29-12-4-5-13-30(29)40-32-15-7-9-17-38(32)46-42(40)41(39)45/h1-25,36,44H. The van der Waals surface area contributed by atoms with Crippen LogP contribution < -0.4 is 5.32 Å². The van der Waals surface area contributed by atoms with Gasteiger partial charge in [-0.1, -0.05) is 109 Å². The molecule has 0 saturated heterocycles. The molecule has 2 aliphatic heterocycles. The monoisotopic (exact) mass is 605 g/mol. The molecule has 2 aliphatic rings. The number of hydrogen-bond donors (Lipinski definition) is 1. The van der Waals surface area contributed by atoms with Crippen molar-refractivity contribution in [3.05, 3.63) is 169 Å². The molecule has 0 saturated carbocycles. The second-order valence-electron chi connectivity index (χ2n) is 12.0. The van der Waals surface area contributed by atoms with E-state index in [1.54, 1.807) is 0 Å². The number of thiophene rings is 1. The Morgan fingerprint density at radius 1 is 0.609 bits per heavy atom. The molecule has 0 bridgehead atoms. The largest absolute Gasteiger partial charge is 0.373 e. The predicted octanol–water partition coefficient (Wildman–Crippen LogP) is 10.6. The highest BCUT2D eigenvalue weighted by atomic mass is 32.1. The van der Waals surface area contributed by atoms with E-state index in [0.29, 0.717) is 0 Å². The second kappa shape index (κ2) is 9.90. The first kappa shape index (κ1) is 25.6. The molecule has 3 nitrogen and oxygen atoms in total. The van der Waals surface area contributed by atoms with E-state index in [1.807, 2.05) is 17.4 Å². The zero-order chi connectivity index (χ0) is 30.2. The van der Waals surface area contributed by atoms with Gasteiger partial charge in [-0.25, -0.2) is 0 Å². The minimum Gasteiger partial charge on any atom is -0.373 e. The van der Waals surface area contributed by atoms with Crippen LogP contribution in [0.25, 0.3) is 64.1 Å². The van der Waals surface area contributed by atoms with Crippen LogP contribution in [0.15, 0.2) is 162 Å². The van der Waals surface area contributed by atoms with Gasteiger partial charge < -0.3 is 9.88 Å². The number of para-hydroxylation sites is 1. The Balaban J connectivity index is 1.13. The first-order valence-electron chi connectivity index (χ1n) is 15.7. The molecular formula is C42H27N3S. The molecule has 10 rings (SSSR count). The number of benzene rings is 6. The van der Waals surface area contributed by atoms with Crippen molar-refractivity contribution in [2.24, 2.45) is 4.99 Å². The van der Waals surface area contributed by atoms with Gasteiger partial charge in [0, 0.05) is 43.2 Å². The van der Waals surface area contributed by atoms with Gasteiger partial charge in [0.1, 0.15) is 0 Å². The molecule has 1 N–H and O–H groups in total. The quantitative estimate of drug-likeness (QED) is 0.213. The van der Waals surface area contributed by atoms with E-state index in [9.17, 15) is 0 Å². The number of aliphatic imine (C=N–C) groups is 1. The highest BCUT2D eigenvalue weighted by Crippen LogP contribution is 2.47. The van der Waals surface area contributed by atoms with Gasteiger partial charge in [0.05, 0.1) is 33.2 Å². The Bertz CT molecular complexity index is 2650. The normalized spacial score (nSPS) is 16.1. The SMILES string of the molecule is C1=CC2NC(c3ccc(-n4c5ccccc5c5c6ccccc6c6c7ccccc7sc6c54)cc3)=CC=C2N=C1c1ccccc1. The van der Waals surface area contributed by atoms with Gasteiger partial charge in [0.25, 0.3) is 0 Å². The number of rotatable bonds is 3. The second-order valence-corrected chi connectivity index (χ2v) is 13.0. The van der Waals surface area contributed by atoms with Crippen LogP contribution in [-0.4, -0.2) is 16.3 Å². The average molecular weight is 606 g/mol. The molecule has 4 heterocycles. The molecule has 2 aromatic heterocycles. The summed E-state index contributed by atoms with van der Waals surface area (Å²) in [6, 6.07) is 46.0. The van der Waals surface area contributed by atoms with E-state index in [0.717, 1.165) is 33.9 Å². The van der Waals surface area contributed by atoms with Crippen molar-refractivity contribution in [1.29, 1.82) is 0 Å². The van der Waals surface area contributed by atoms with Gasteiger partial charge >= 0.3 is 0 Å². The summed E-state index contributed by atoms with van der Waals surface area (Å²) in [5, 5.41) is 11.6. The summed E-state index contributed by atoms with van der Waals surface area (Å²) in [6.45, 7) is 0. The Morgan fingerprint density at radius 3 is 2.13 bits per heavy atom. The van der Waals surface area contributed by atoms with E-state index in [1.165, 1.54) is 52.8 Å². The lowest BCUT2D eigenvalue weighted by Crippen LogP contribution is -2.31. The highest BCUT2D eigenvalue weighted by molar-refractivity contribution is 7.27. The van der Waals surface area contributed by atoms with Gasteiger partial charge in [-0.2, -0.15) is 0 Å². The minimum atomic E-state index is 0.0546. The number of nitrogens with zero attached hydrogens (tertiary/aromatic N) is 2. The third-order valence-electron chi connectivity index (χ3n) is 9.40. The van der Waals surface area contributed by atoms with Crippen LogP contribution in [0.1, 0.15) is 11.1 Å². The molecule has 1 unspecified atom stereocenters. The fraction of sp³-hybridized carbons (Fsp3) is 0.0238. The molecule has 0 aliphatic carbocycles. The molecule has 0 amide bonds. The van der Waals surface area contributed by atoms with Crippen LogP contribution in [0.4, 0.5) is 0 Å². The van der Waals surface area contributed by atoms with Crippen LogP contribution in [0, 0.1) is 0 Å². The Kier molecular flexibility index (Phi) is 5.51. The first-order valence-corrected chi connectivity index (χ1v) is 16.5. The maximum atomic E-state index is 4.95. The van der Waals surface area contributed by atoms with Crippen molar-refractivity contribution < 1.29 is 0 Å². The average Bonchev–Trinajstić information content (AvgIpc) is 3.69.